The Morgan fingerprint density at radius 1 is 1.05 bits per heavy atom. The van der Waals surface area contributed by atoms with Gasteiger partial charge in [0, 0.05) is 36.3 Å². The number of aryl methyl sites for hydroxylation is 2. The number of aromatic nitrogens is 2. The third kappa shape index (κ3) is 5.37. The SMILES string of the molecule is Cc1cccc(C)c1-c1cc2nc(n1)NS(=O)(=O)c1cccc(c1)C(=O)N1C[C@@H](CNC[C@H]1CC(C)C)O2. The molecular weight excluding hydrogens is 502 g/mol. The van der Waals surface area contributed by atoms with Crippen LogP contribution in [0.5, 0.6) is 5.88 Å². The Labute approximate surface area is 223 Å². The van der Waals surface area contributed by atoms with Crippen LogP contribution in [0.25, 0.3) is 11.3 Å². The molecule has 0 saturated carbocycles. The molecule has 9 nitrogen and oxygen atoms in total. The Kier molecular flexibility index (Phi) is 7.11. The molecule has 0 aliphatic carbocycles. The summed E-state index contributed by atoms with van der Waals surface area (Å²) in [4.78, 5) is 24.6. The summed E-state index contributed by atoms with van der Waals surface area (Å²) in [5.41, 5.74) is 3.75. The fourth-order valence-corrected chi connectivity index (χ4v) is 6.22. The normalized spacial score (nSPS) is 20.9. The number of carbonyl (C=O) groups is 1. The average molecular weight is 536 g/mol. The van der Waals surface area contributed by atoms with Crippen molar-refractivity contribution in [1.29, 1.82) is 0 Å². The first-order valence-electron chi connectivity index (χ1n) is 12.9. The first-order valence-corrected chi connectivity index (χ1v) is 14.4. The molecule has 2 aromatic carbocycles. The van der Waals surface area contributed by atoms with Crippen LogP contribution < -0.4 is 14.8 Å². The van der Waals surface area contributed by atoms with Crippen LogP contribution in [0.1, 0.15) is 41.8 Å². The van der Waals surface area contributed by atoms with Crippen LogP contribution in [0, 0.1) is 19.8 Å². The zero-order valence-electron chi connectivity index (χ0n) is 22.1. The van der Waals surface area contributed by atoms with Gasteiger partial charge in [-0.25, -0.2) is 18.1 Å². The minimum atomic E-state index is -4.08. The van der Waals surface area contributed by atoms with Crippen molar-refractivity contribution in [2.24, 2.45) is 5.92 Å². The molecule has 2 aliphatic rings. The Balaban J connectivity index is 1.67. The Morgan fingerprint density at radius 2 is 1.79 bits per heavy atom. The summed E-state index contributed by atoms with van der Waals surface area (Å²) in [5.74, 6) is 0.297. The van der Waals surface area contributed by atoms with Crippen LogP contribution in [-0.4, -0.2) is 61.0 Å². The zero-order chi connectivity index (χ0) is 27.0. The zero-order valence-corrected chi connectivity index (χ0v) is 22.9. The van der Waals surface area contributed by atoms with Crippen LogP contribution in [0.3, 0.4) is 0 Å². The number of nitrogens with zero attached hydrogens (tertiary/aromatic N) is 3. The molecule has 10 heteroatoms. The van der Waals surface area contributed by atoms with Gasteiger partial charge in [0.2, 0.25) is 11.8 Å². The smallest absolute Gasteiger partial charge is 0.264 e. The summed E-state index contributed by atoms with van der Waals surface area (Å²) in [7, 11) is -4.08. The molecule has 2 atom stereocenters. The van der Waals surface area contributed by atoms with E-state index in [0.717, 1.165) is 23.1 Å². The molecule has 200 valence electrons. The van der Waals surface area contributed by atoms with Crippen LogP contribution in [0.15, 0.2) is 53.4 Å². The Hall–Kier alpha value is -3.50. The first-order chi connectivity index (χ1) is 18.1. The summed E-state index contributed by atoms with van der Waals surface area (Å²) >= 11 is 0. The molecule has 6 bridgehead atoms. The van der Waals surface area contributed by atoms with Gasteiger partial charge < -0.3 is 15.0 Å². The van der Waals surface area contributed by atoms with Crippen LogP contribution in [0.2, 0.25) is 0 Å². The standard InChI is InChI=1S/C28H33N5O4S/c1-17(2)11-21-14-29-15-22-16-33(21)27(34)20-9-6-10-23(12-20)38(35,36)32-28-30-24(13-25(31-28)37-22)26-18(3)7-5-8-19(26)4/h5-10,12-13,17,21-22,29H,11,14-16H2,1-4H3,(H,30,31,32)/t21-,22-/m1/s1. The van der Waals surface area contributed by atoms with E-state index < -0.39 is 16.1 Å². The van der Waals surface area contributed by atoms with Gasteiger partial charge in [0.25, 0.3) is 15.9 Å². The van der Waals surface area contributed by atoms with E-state index in [1.165, 1.54) is 12.1 Å². The van der Waals surface area contributed by atoms with Gasteiger partial charge in [-0.2, -0.15) is 4.98 Å². The number of anilines is 1. The number of carbonyl (C=O) groups excluding carboxylic acids is 1. The van der Waals surface area contributed by atoms with E-state index in [-0.39, 0.29) is 28.7 Å². The first kappa shape index (κ1) is 26.1. The Bertz CT molecular complexity index is 1450. The number of ether oxygens (including phenoxy) is 1. The molecular formula is C28H33N5O4S. The summed E-state index contributed by atoms with van der Waals surface area (Å²) in [6.45, 7) is 9.69. The van der Waals surface area contributed by atoms with Gasteiger partial charge in [0.1, 0.15) is 6.10 Å². The van der Waals surface area contributed by atoms with Gasteiger partial charge in [0.05, 0.1) is 17.1 Å². The number of amides is 1. The van der Waals surface area contributed by atoms with Crippen molar-refractivity contribution in [3.63, 3.8) is 0 Å². The number of rotatable bonds is 3. The second-order valence-electron chi connectivity index (χ2n) is 10.5. The molecule has 1 aromatic heterocycles. The minimum Gasteiger partial charge on any atom is -0.471 e. The van der Waals surface area contributed by atoms with Crippen molar-refractivity contribution < 1.29 is 17.9 Å². The average Bonchev–Trinajstić information content (AvgIpc) is 3.04. The molecule has 0 radical (unpaired) electrons. The maximum Gasteiger partial charge on any atom is 0.264 e. The van der Waals surface area contributed by atoms with E-state index in [1.54, 1.807) is 18.2 Å². The van der Waals surface area contributed by atoms with Gasteiger partial charge in [-0.15, -0.1) is 0 Å². The largest absolute Gasteiger partial charge is 0.471 e. The van der Waals surface area contributed by atoms with Crippen molar-refractivity contribution in [1.82, 2.24) is 20.2 Å². The lowest BCUT2D eigenvalue weighted by Crippen LogP contribution is -2.46. The second-order valence-corrected chi connectivity index (χ2v) is 12.1. The molecule has 0 spiro atoms. The van der Waals surface area contributed by atoms with E-state index in [1.807, 2.05) is 36.9 Å². The topological polar surface area (TPSA) is 114 Å². The van der Waals surface area contributed by atoms with Gasteiger partial charge in [0.15, 0.2) is 0 Å². The maximum absolute atomic E-state index is 13.8. The predicted molar refractivity (Wildman–Crippen MR) is 146 cm³/mol. The lowest BCUT2D eigenvalue weighted by Gasteiger charge is -2.32. The maximum atomic E-state index is 13.8. The van der Waals surface area contributed by atoms with Gasteiger partial charge in [-0.3, -0.25) is 4.79 Å². The Morgan fingerprint density at radius 3 is 2.53 bits per heavy atom. The van der Waals surface area contributed by atoms with Crippen molar-refractivity contribution in [3.05, 3.63) is 65.2 Å². The van der Waals surface area contributed by atoms with Crippen LogP contribution in [0.4, 0.5) is 5.95 Å². The quantitative estimate of drug-likeness (QED) is 0.525. The summed E-state index contributed by atoms with van der Waals surface area (Å²) < 4.78 is 35.6. The third-order valence-electron chi connectivity index (χ3n) is 6.94. The molecule has 5 rings (SSSR count). The number of fused-ring (bicyclic) bond motifs is 6. The summed E-state index contributed by atoms with van der Waals surface area (Å²) in [6.07, 6.45) is 0.407. The molecule has 1 fully saturated rings. The molecule has 38 heavy (non-hydrogen) atoms. The highest BCUT2D eigenvalue weighted by Crippen LogP contribution is 2.30. The molecule has 0 unspecified atom stereocenters. The van der Waals surface area contributed by atoms with Crippen molar-refractivity contribution in [2.75, 3.05) is 24.4 Å². The molecule has 1 saturated heterocycles. The molecule has 1 amide bonds. The molecule has 2 aliphatic heterocycles. The van der Waals surface area contributed by atoms with Crippen molar-refractivity contribution >= 4 is 21.9 Å². The predicted octanol–water partition coefficient (Wildman–Crippen LogP) is 3.78. The highest BCUT2D eigenvalue weighted by Gasteiger charge is 2.33. The lowest BCUT2D eigenvalue weighted by molar-refractivity contribution is 0.0584. The van der Waals surface area contributed by atoms with Crippen LogP contribution in [-0.2, 0) is 10.0 Å². The molecule has 3 heterocycles. The fourth-order valence-electron chi connectivity index (χ4n) is 5.23. The summed E-state index contributed by atoms with van der Waals surface area (Å²) in [6, 6.07) is 13.7. The van der Waals surface area contributed by atoms with Gasteiger partial charge >= 0.3 is 0 Å². The molecule has 3 aromatic rings. The number of benzene rings is 2. The number of sulfonamides is 1. The summed E-state index contributed by atoms with van der Waals surface area (Å²) in [5, 5.41) is 3.45. The highest BCUT2D eigenvalue weighted by molar-refractivity contribution is 7.92. The number of hydrogen-bond acceptors (Lipinski definition) is 7. The van der Waals surface area contributed by atoms with E-state index in [2.05, 4.69) is 33.9 Å². The third-order valence-corrected chi connectivity index (χ3v) is 8.27. The monoisotopic (exact) mass is 535 g/mol. The van der Waals surface area contributed by atoms with Crippen molar-refractivity contribution in [3.8, 4) is 17.1 Å². The fraction of sp³-hybridized carbons (Fsp3) is 0.393. The van der Waals surface area contributed by atoms with Crippen molar-refractivity contribution in [2.45, 2.75) is 51.2 Å². The van der Waals surface area contributed by atoms with Gasteiger partial charge in [-0.1, -0.05) is 38.1 Å². The van der Waals surface area contributed by atoms with E-state index in [9.17, 15) is 13.2 Å². The second kappa shape index (κ2) is 10.3. The van der Waals surface area contributed by atoms with Gasteiger partial charge in [-0.05, 0) is 55.5 Å². The highest BCUT2D eigenvalue weighted by atomic mass is 32.2. The van der Waals surface area contributed by atoms with E-state index in [4.69, 9.17) is 4.74 Å². The number of hydrogen-bond donors (Lipinski definition) is 2. The lowest BCUT2D eigenvalue weighted by atomic mass is 10.00. The number of nitrogens with one attached hydrogen (secondary N) is 2. The minimum absolute atomic E-state index is 0.0314. The van der Waals surface area contributed by atoms with Crippen LogP contribution >= 0.6 is 0 Å². The van der Waals surface area contributed by atoms with E-state index >= 15 is 0 Å². The molecule has 2 N–H and O–H groups in total. The van der Waals surface area contributed by atoms with E-state index in [0.29, 0.717) is 36.8 Å².